The van der Waals surface area contributed by atoms with Crippen LogP contribution >= 0.6 is 0 Å². The third-order valence-electron chi connectivity index (χ3n) is 4.15. The first-order valence-corrected chi connectivity index (χ1v) is 7.73. The first-order chi connectivity index (χ1) is 10.5. The van der Waals surface area contributed by atoms with Gasteiger partial charge in [-0.2, -0.15) is 0 Å². The normalized spacial score (nSPS) is 24.4. The summed E-state index contributed by atoms with van der Waals surface area (Å²) in [6.45, 7) is 3.29. The Balaban J connectivity index is 2.29. The number of hydrogen-bond donors (Lipinski definition) is 0. The third-order valence-corrected chi connectivity index (χ3v) is 4.15. The molecule has 1 aliphatic carbocycles. The number of likely N-dealkylation sites (tertiary alicyclic amines) is 1. The molecule has 2 amide bonds. The molecule has 1 saturated carbocycles. The Kier molecular flexibility index (Phi) is 5.15. The van der Waals surface area contributed by atoms with Gasteiger partial charge in [-0.05, 0) is 26.7 Å². The third kappa shape index (κ3) is 2.84. The minimum Gasteiger partial charge on any atom is -0.464 e. The number of carbonyl (C=O) groups excluding carboxylic acids is 4. The zero-order chi connectivity index (χ0) is 16.3. The molecule has 2 rings (SSSR count). The molecule has 0 N–H and O–H groups in total. The van der Waals surface area contributed by atoms with E-state index in [0.717, 1.165) is 17.7 Å². The van der Waals surface area contributed by atoms with Crippen molar-refractivity contribution in [2.45, 2.75) is 45.6 Å². The molecule has 1 heterocycles. The number of ether oxygens (including phenoxy) is 2. The lowest BCUT2D eigenvalue weighted by Gasteiger charge is -2.23. The quantitative estimate of drug-likeness (QED) is 0.421. The van der Waals surface area contributed by atoms with Gasteiger partial charge in [-0.3, -0.25) is 14.5 Å². The van der Waals surface area contributed by atoms with E-state index in [1.165, 1.54) is 0 Å². The SMILES string of the molecule is CCOC(=O)C(C(=O)OCC)N1C(=O)C2CCCCC2C1=O. The molecule has 2 unspecified atom stereocenters. The summed E-state index contributed by atoms with van der Waals surface area (Å²) in [6.07, 6.45) is 2.98. The van der Waals surface area contributed by atoms with Crippen molar-refractivity contribution in [3.63, 3.8) is 0 Å². The van der Waals surface area contributed by atoms with Gasteiger partial charge >= 0.3 is 11.9 Å². The van der Waals surface area contributed by atoms with E-state index < -0.39 is 41.6 Å². The lowest BCUT2D eigenvalue weighted by Crippen LogP contribution is -2.51. The van der Waals surface area contributed by atoms with Gasteiger partial charge in [-0.1, -0.05) is 12.8 Å². The largest absolute Gasteiger partial charge is 0.464 e. The first-order valence-electron chi connectivity index (χ1n) is 7.73. The molecule has 22 heavy (non-hydrogen) atoms. The Morgan fingerprint density at radius 2 is 1.41 bits per heavy atom. The predicted molar refractivity (Wildman–Crippen MR) is 74.4 cm³/mol. The van der Waals surface area contributed by atoms with Gasteiger partial charge in [-0.25, -0.2) is 9.59 Å². The molecule has 1 aliphatic heterocycles. The monoisotopic (exact) mass is 311 g/mol. The standard InChI is InChI=1S/C15H21NO6/c1-3-21-14(19)11(15(20)22-4-2)16-12(17)9-7-5-6-8-10(9)13(16)18/h9-11H,3-8H2,1-2H3. The van der Waals surface area contributed by atoms with E-state index >= 15 is 0 Å². The first kappa shape index (κ1) is 16.5. The van der Waals surface area contributed by atoms with Crippen molar-refractivity contribution in [2.75, 3.05) is 13.2 Å². The molecule has 0 bridgehead atoms. The van der Waals surface area contributed by atoms with Gasteiger partial charge in [0.05, 0.1) is 25.0 Å². The molecular formula is C15H21NO6. The molecule has 7 heteroatoms. The summed E-state index contributed by atoms with van der Waals surface area (Å²) >= 11 is 0. The molecule has 0 aromatic carbocycles. The van der Waals surface area contributed by atoms with Gasteiger partial charge in [0.1, 0.15) is 0 Å². The van der Waals surface area contributed by atoms with Gasteiger partial charge in [0, 0.05) is 0 Å². The summed E-state index contributed by atoms with van der Waals surface area (Å²) in [5.41, 5.74) is 0. The fourth-order valence-corrected chi connectivity index (χ4v) is 3.19. The second kappa shape index (κ2) is 6.89. The van der Waals surface area contributed by atoms with E-state index in [1.54, 1.807) is 13.8 Å². The molecule has 0 aromatic heterocycles. The summed E-state index contributed by atoms with van der Waals surface area (Å²) in [7, 11) is 0. The second-order valence-electron chi connectivity index (χ2n) is 5.45. The second-order valence-corrected chi connectivity index (χ2v) is 5.45. The van der Waals surface area contributed by atoms with Crippen LogP contribution in [0.25, 0.3) is 0 Å². The Hall–Kier alpha value is -1.92. The minimum absolute atomic E-state index is 0.0534. The number of esters is 2. The number of carbonyl (C=O) groups is 4. The summed E-state index contributed by atoms with van der Waals surface area (Å²) in [5.74, 6) is -3.59. The van der Waals surface area contributed by atoms with Crippen molar-refractivity contribution in [2.24, 2.45) is 11.8 Å². The highest BCUT2D eigenvalue weighted by molar-refractivity contribution is 6.13. The fraction of sp³-hybridized carbons (Fsp3) is 0.733. The molecule has 1 saturated heterocycles. The van der Waals surface area contributed by atoms with Gasteiger partial charge in [0.2, 0.25) is 17.9 Å². The van der Waals surface area contributed by atoms with Crippen LogP contribution < -0.4 is 0 Å². The number of nitrogens with zero attached hydrogens (tertiary/aromatic N) is 1. The van der Waals surface area contributed by atoms with E-state index in [1.807, 2.05) is 0 Å². The average molecular weight is 311 g/mol. The molecule has 2 fully saturated rings. The fourth-order valence-electron chi connectivity index (χ4n) is 3.19. The van der Waals surface area contributed by atoms with Crippen molar-refractivity contribution in [1.29, 1.82) is 0 Å². The Labute approximate surface area is 128 Å². The van der Waals surface area contributed by atoms with E-state index in [9.17, 15) is 19.2 Å². The molecule has 122 valence electrons. The lowest BCUT2D eigenvalue weighted by atomic mass is 9.81. The van der Waals surface area contributed by atoms with Crippen LogP contribution in [0.15, 0.2) is 0 Å². The Morgan fingerprint density at radius 3 is 1.77 bits per heavy atom. The molecule has 7 nitrogen and oxygen atoms in total. The predicted octanol–water partition coefficient (Wildman–Crippen LogP) is 0.656. The van der Waals surface area contributed by atoms with Gasteiger partial charge in [-0.15, -0.1) is 0 Å². The van der Waals surface area contributed by atoms with Crippen LogP contribution in [-0.4, -0.2) is 47.9 Å². The van der Waals surface area contributed by atoms with E-state index in [2.05, 4.69) is 0 Å². The van der Waals surface area contributed by atoms with Gasteiger partial charge < -0.3 is 9.47 Å². The minimum atomic E-state index is -1.62. The zero-order valence-corrected chi connectivity index (χ0v) is 12.9. The van der Waals surface area contributed by atoms with Crippen LogP contribution in [-0.2, 0) is 28.7 Å². The highest BCUT2D eigenvalue weighted by Gasteiger charge is 2.54. The summed E-state index contributed by atoms with van der Waals surface area (Å²) in [4.78, 5) is 49.9. The van der Waals surface area contributed by atoms with Crippen LogP contribution in [0.1, 0.15) is 39.5 Å². The topological polar surface area (TPSA) is 90.0 Å². The number of fused-ring (bicyclic) bond motifs is 1. The molecule has 0 aromatic rings. The van der Waals surface area contributed by atoms with Crippen LogP contribution in [0.5, 0.6) is 0 Å². The van der Waals surface area contributed by atoms with Crippen molar-refractivity contribution in [3.8, 4) is 0 Å². The van der Waals surface area contributed by atoms with Gasteiger partial charge in [0.25, 0.3) is 0 Å². The van der Waals surface area contributed by atoms with Crippen molar-refractivity contribution >= 4 is 23.8 Å². The summed E-state index contributed by atoms with van der Waals surface area (Å²) in [6, 6.07) is -1.62. The molecular weight excluding hydrogens is 290 g/mol. The van der Waals surface area contributed by atoms with Crippen molar-refractivity contribution in [1.82, 2.24) is 4.90 Å². The van der Waals surface area contributed by atoms with Crippen LogP contribution in [0.2, 0.25) is 0 Å². The maximum absolute atomic E-state index is 12.5. The Bertz CT molecular complexity index is 446. The molecule has 2 aliphatic rings. The van der Waals surface area contributed by atoms with E-state index in [0.29, 0.717) is 12.8 Å². The average Bonchev–Trinajstić information content (AvgIpc) is 2.74. The van der Waals surface area contributed by atoms with E-state index in [4.69, 9.17) is 9.47 Å². The molecule has 0 radical (unpaired) electrons. The highest BCUT2D eigenvalue weighted by atomic mass is 16.6. The van der Waals surface area contributed by atoms with Crippen LogP contribution in [0, 0.1) is 11.8 Å². The molecule has 0 spiro atoms. The highest BCUT2D eigenvalue weighted by Crippen LogP contribution is 2.39. The van der Waals surface area contributed by atoms with Crippen LogP contribution in [0.3, 0.4) is 0 Å². The Morgan fingerprint density at radius 1 is 1.00 bits per heavy atom. The number of amides is 2. The van der Waals surface area contributed by atoms with E-state index in [-0.39, 0.29) is 13.2 Å². The lowest BCUT2D eigenvalue weighted by molar-refractivity contribution is -0.170. The number of hydrogen-bond acceptors (Lipinski definition) is 6. The van der Waals surface area contributed by atoms with Crippen molar-refractivity contribution in [3.05, 3.63) is 0 Å². The summed E-state index contributed by atoms with van der Waals surface area (Å²) < 4.78 is 9.70. The van der Waals surface area contributed by atoms with Crippen molar-refractivity contribution < 1.29 is 28.7 Å². The van der Waals surface area contributed by atoms with Crippen LogP contribution in [0.4, 0.5) is 0 Å². The zero-order valence-electron chi connectivity index (χ0n) is 12.9. The summed E-state index contributed by atoms with van der Waals surface area (Å²) in [5, 5.41) is 0. The maximum atomic E-state index is 12.5. The smallest absolute Gasteiger partial charge is 0.341 e. The van der Waals surface area contributed by atoms with Gasteiger partial charge in [0.15, 0.2) is 0 Å². The molecule has 2 atom stereocenters. The number of rotatable bonds is 5. The number of imide groups is 1. The maximum Gasteiger partial charge on any atom is 0.341 e.